The van der Waals surface area contributed by atoms with E-state index in [2.05, 4.69) is 25.8 Å². The molecule has 2 saturated heterocycles. The van der Waals surface area contributed by atoms with E-state index in [4.69, 9.17) is 9.47 Å². The lowest BCUT2D eigenvalue weighted by molar-refractivity contribution is -0.0969. The molecule has 3 heterocycles. The number of piperidine rings is 1. The van der Waals surface area contributed by atoms with E-state index in [0.29, 0.717) is 19.8 Å². The molecular formula is C16H24N2O3S. The van der Waals surface area contributed by atoms with Gasteiger partial charge in [-0.15, -0.1) is 11.3 Å². The molecule has 0 saturated carbocycles. The van der Waals surface area contributed by atoms with Crippen molar-refractivity contribution in [3.63, 3.8) is 0 Å². The second-order valence-corrected chi connectivity index (χ2v) is 8.07. The SMILES string of the molecule is CC(C)(C)c1ncc(C(=O)N2CCCC(C3OCCO3)C2)s1. The zero-order chi connectivity index (χ0) is 15.7. The standard InChI is InChI=1S/C16H24N2O3S/c1-16(2,3)15-17-9-12(22-15)13(19)18-6-4-5-11(10-18)14-20-7-8-21-14/h9,11,14H,4-8,10H2,1-3H3. The molecule has 0 spiro atoms. The Morgan fingerprint density at radius 2 is 2.09 bits per heavy atom. The predicted octanol–water partition coefficient (Wildman–Crippen LogP) is 2.67. The number of hydrogen-bond acceptors (Lipinski definition) is 5. The molecule has 0 aliphatic carbocycles. The molecule has 3 rings (SSSR count). The van der Waals surface area contributed by atoms with Crippen molar-refractivity contribution in [2.24, 2.45) is 5.92 Å². The second kappa shape index (κ2) is 6.26. The van der Waals surface area contributed by atoms with Gasteiger partial charge in [0.2, 0.25) is 0 Å². The number of hydrogen-bond donors (Lipinski definition) is 0. The van der Waals surface area contributed by atoms with Gasteiger partial charge in [0.15, 0.2) is 6.29 Å². The van der Waals surface area contributed by atoms with Crippen molar-refractivity contribution in [1.82, 2.24) is 9.88 Å². The molecule has 0 N–H and O–H groups in total. The molecule has 0 bridgehead atoms. The van der Waals surface area contributed by atoms with E-state index in [9.17, 15) is 4.79 Å². The van der Waals surface area contributed by atoms with Crippen molar-refractivity contribution in [1.29, 1.82) is 0 Å². The highest BCUT2D eigenvalue weighted by Crippen LogP contribution is 2.30. The van der Waals surface area contributed by atoms with Gasteiger partial charge in [0.05, 0.1) is 24.4 Å². The van der Waals surface area contributed by atoms with Gasteiger partial charge < -0.3 is 14.4 Å². The minimum atomic E-state index is -0.137. The molecule has 122 valence electrons. The van der Waals surface area contributed by atoms with Crippen LogP contribution in [-0.4, -0.2) is 48.4 Å². The van der Waals surface area contributed by atoms with Crippen LogP contribution in [-0.2, 0) is 14.9 Å². The van der Waals surface area contributed by atoms with Crippen LogP contribution in [0, 0.1) is 5.92 Å². The fourth-order valence-electron chi connectivity index (χ4n) is 2.94. The van der Waals surface area contributed by atoms with Crippen molar-refractivity contribution in [3.8, 4) is 0 Å². The van der Waals surface area contributed by atoms with E-state index in [1.807, 2.05) is 4.90 Å². The van der Waals surface area contributed by atoms with Crippen molar-refractivity contribution in [2.75, 3.05) is 26.3 Å². The maximum absolute atomic E-state index is 12.7. The monoisotopic (exact) mass is 324 g/mol. The summed E-state index contributed by atoms with van der Waals surface area (Å²) in [6.07, 6.45) is 3.65. The summed E-state index contributed by atoms with van der Waals surface area (Å²) in [4.78, 5) is 19.8. The Hall–Kier alpha value is -0.980. The fourth-order valence-corrected chi connectivity index (χ4v) is 3.88. The van der Waals surface area contributed by atoms with Crippen LogP contribution in [0.5, 0.6) is 0 Å². The highest BCUT2D eigenvalue weighted by molar-refractivity contribution is 7.13. The molecular weight excluding hydrogens is 300 g/mol. The zero-order valence-electron chi connectivity index (χ0n) is 13.5. The number of rotatable bonds is 2. The number of nitrogens with zero attached hydrogens (tertiary/aromatic N) is 2. The van der Waals surface area contributed by atoms with E-state index < -0.39 is 0 Å². The van der Waals surface area contributed by atoms with Crippen LogP contribution in [0.15, 0.2) is 6.20 Å². The third kappa shape index (κ3) is 3.34. The van der Waals surface area contributed by atoms with Gasteiger partial charge >= 0.3 is 0 Å². The van der Waals surface area contributed by atoms with E-state index >= 15 is 0 Å². The fraction of sp³-hybridized carbons (Fsp3) is 0.750. The van der Waals surface area contributed by atoms with Gasteiger partial charge in [0.25, 0.3) is 5.91 Å². The maximum Gasteiger partial charge on any atom is 0.265 e. The Kier molecular flexibility index (Phi) is 4.52. The number of amides is 1. The van der Waals surface area contributed by atoms with Gasteiger partial charge in [-0.05, 0) is 12.8 Å². The molecule has 6 heteroatoms. The van der Waals surface area contributed by atoms with Gasteiger partial charge in [0, 0.05) is 24.4 Å². The van der Waals surface area contributed by atoms with Crippen molar-refractivity contribution < 1.29 is 14.3 Å². The average Bonchev–Trinajstić information content (AvgIpc) is 3.17. The first-order valence-electron chi connectivity index (χ1n) is 7.94. The summed E-state index contributed by atoms with van der Waals surface area (Å²) in [7, 11) is 0. The quantitative estimate of drug-likeness (QED) is 0.839. The Bertz CT molecular complexity index is 532. The number of thiazole rings is 1. The predicted molar refractivity (Wildman–Crippen MR) is 85.1 cm³/mol. The first-order valence-corrected chi connectivity index (χ1v) is 8.75. The molecule has 22 heavy (non-hydrogen) atoms. The van der Waals surface area contributed by atoms with Gasteiger partial charge in [-0.25, -0.2) is 4.98 Å². The number of carbonyl (C=O) groups is 1. The largest absolute Gasteiger partial charge is 0.350 e. The lowest BCUT2D eigenvalue weighted by atomic mass is 9.97. The number of aromatic nitrogens is 1. The average molecular weight is 324 g/mol. The minimum Gasteiger partial charge on any atom is -0.350 e. The van der Waals surface area contributed by atoms with E-state index in [-0.39, 0.29) is 23.5 Å². The molecule has 1 atom stereocenters. The maximum atomic E-state index is 12.7. The smallest absolute Gasteiger partial charge is 0.265 e. The van der Waals surface area contributed by atoms with E-state index in [0.717, 1.165) is 29.3 Å². The molecule has 1 aromatic heterocycles. The van der Waals surface area contributed by atoms with Gasteiger partial charge in [-0.3, -0.25) is 4.79 Å². The molecule has 2 aliphatic heterocycles. The first kappa shape index (κ1) is 15.9. The van der Waals surface area contributed by atoms with Gasteiger partial charge in [-0.1, -0.05) is 20.8 Å². The zero-order valence-corrected chi connectivity index (χ0v) is 14.3. The van der Waals surface area contributed by atoms with Crippen molar-refractivity contribution in [2.45, 2.75) is 45.3 Å². The summed E-state index contributed by atoms with van der Waals surface area (Å²) in [6, 6.07) is 0. The molecule has 0 aromatic carbocycles. The topological polar surface area (TPSA) is 51.7 Å². The van der Waals surface area contributed by atoms with Gasteiger partial charge in [0.1, 0.15) is 4.88 Å². The summed E-state index contributed by atoms with van der Waals surface area (Å²) in [5.74, 6) is 0.380. The summed E-state index contributed by atoms with van der Waals surface area (Å²) >= 11 is 1.51. The normalized spacial score (nSPS) is 24.0. The molecule has 1 amide bonds. The van der Waals surface area contributed by atoms with Crippen molar-refractivity contribution >= 4 is 17.2 Å². The third-order valence-corrected chi connectivity index (χ3v) is 5.55. The molecule has 5 nitrogen and oxygen atoms in total. The minimum absolute atomic E-state index is 0.0147. The molecule has 2 aliphatic rings. The summed E-state index contributed by atoms with van der Waals surface area (Å²) < 4.78 is 11.2. The van der Waals surface area contributed by atoms with Crippen molar-refractivity contribution in [3.05, 3.63) is 16.1 Å². The summed E-state index contributed by atoms with van der Waals surface area (Å²) in [6.45, 7) is 9.21. The van der Waals surface area contributed by atoms with E-state index in [1.165, 1.54) is 11.3 Å². The lowest BCUT2D eigenvalue weighted by Crippen LogP contribution is -2.43. The highest BCUT2D eigenvalue weighted by atomic mass is 32.1. The number of likely N-dealkylation sites (tertiary alicyclic amines) is 1. The Morgan fingerprint density at radius 3 is 2.73 bits per heavy atom. The molecule has 1 aromatic rings. The first-order chi connectivity index (χ1) is 10.4. The Labute approximate surface area is 135 Å². The summed E-state index contributed by atoms with van der Waals surface area (Å²) in [5.41, 5.74) is -0.0147. The Balaban J connectivity index is 1.67. The lowest BCUT2D eigenvalue weighted by Gasteiger charge is -2.34. The van der Waals surface area contributed by atoms with Crippen LogP contribution in [0.1, 0.15) is 48.3 Å². The summed E-state index contributed by atoms with van der Waals surface area (Å²) in [5, 5.41) is 1.01. The van der Waals surface area contributed by atoms with Crippen LogP contribution < -0.4 is 0 Å². The van der Waals surface area contributed by atoms with Gasteiger partial charge in [-0.2, -0.15) is 0 Å². The van der Waals surface area contributed by atoms with Crippen LogP contribution in [0.4, 0.5) is 0 Å². The van der Waals surface area contributed by atoms with E-state index in [1.54, 1.807) is 6.20 Å². The molecule has 2 fully saturated rings. The number of carbonyl (C=O) groups excluding carboxylic acids is 1. The number of ether oxygens (including phenoxy) is 2. The van der Waals surface area contributed by atoms with Crippen LogP contribution in [0.25, 0.3) is 0 Å². The highest BCUT2D eigenvalue weighted by Gasteiger charge is 2.33. The third-order valence-electron chi connectivity index (χ3n) is 4.14. The van der Waals surface area contributed by atoms with Crippen LogP contribution in [0.2, 0.25) is 0 Å². The Morgan fingerprint density at radius 1 is 1.36 bits per heavy atom. The van der Waals surface area contributed by atoms with Crippen LogP contribution in [0.3, 0.4) is 0 Å². The second-order valence-electron chi connectivity index (χ2n) is 7.04. The molecule has 0 radical (unpaired) electrons. The van der Waals surface area contributed by atoms with Crippen LogP contribution >= 0.6 is 11.3 Å². The molecule has 1 unspecified atom stereocenters.